The van der Waals surface area contributed by atoms with E-state index in [0.29, 0.717) is 6.04 Å². The van der Waals surface area contributed by atoms with Crippen LogP contribution in [-0.2, 0) is 11.2 Å². The van der Waals surface area contributed by atoms with E-state index < -0.39 is 0 Å². The second-order valence-electron chi connectivity index (χ2n) is 6.08. The van der Waals surface area contributed by atoms with Crippen molar-refractivity contribution in [3.05, 3.63) is 24.0 Å². The van der Waals surface area contributed by atoms with Crippen molar-refractivity contribution < 1.29 is 4.74 Å². The Bertz CT molecular complexity index is 620. The Balaban J connectivity index is 1.73. The van der Waals surface area contributed by atoms with Crippen molar-refractivity contribution >= 4 is 11.5 Å². The summed E-state index contributed by atoms with van der Waals surface area (Å²) in [5.74, 6) is 1.04. The summed E-state index contributed by atoms with van der Waals surface area (Å²) in [7, 11) is 0. The molecule has 2 aromatic heterocycles. The third-order valence-corrected chi connectivity index (χ3v) is 4.47. The molecule has 1 saturated heterocycles. The lowest BCUT2D eigenvalue weighted by Gasteiger charge is -2.34. The summed E-state index contributed by atoms with van der Waals surface area (Å²) >= 11 is 0. The van der Waals surface area contributed by atoms with Gasteiger partial charge in [0.05, 0.1) is 19.4 Å². The van der Waals surface area contributed by atoms with Gasteiger partial charge in [-0.25, -0.2) is 4.98 Å². The van der Waals surface area contributed by atoms with Crippen molar-refractivity contribution in [2.45, 2.75) is 39.2 Å². The van der Waals surface area contributed by atoms with Crippen molar-refractivity contribution in [1.82, 2.24) is 19.5 Å². The van der Waals surface area contributed by atoms with Crippen LogP contribution in [0.1, 0.15) is 32.4 Å². The molecule has 0 unspecified atom stereocenters. The van der Waals surface area contributed by atoms with Gasteiger partial charge in [-0.2, -0.15) is 9.61 Å². The van der Waals surface area contributed by atoms with Crippen LogP contribution >= 0.6 is 0 Å². The Labute approximate surface area is 137 Å². The number of morpholine rings is 1. The molecule has 0 saturated carbocycles. The molecule has 0 bridgehead atoms. The molecule has 1 N–H and O–H groups in total. The van der Waals surface area contributed by atoms with Gasteiger partial charge in [0.2, 0.25) is 0 Å². The van der Waals surface area contributed by atoms with Gasteiger partial charge >= 0.3 is 0 Å². The largest absolute Gasteiger partial charge is 0.379 e. The predicted octanol–water partition coefficient (Wildman–Crippen LogP) is 2.20. The Morgan fingerprint density at radius 3 is 2.87 bits per heavy atom. The van der Waals surface area contributed by atoms with Gasteiger partial charge in [-0.15, -0.1) is 0 Å². The van der Waals surface area contributed by atoms with Crippen LogP contribution in [0, 0.1) is 0 Å². The van der Waals surface area contributed by atoms with E-state index in [9.17, 15) is 0 Å². The van der Waals surface area contributed by atoms with Gasteiger partial charge < -0.3 is 10.1 Å². The van der Waals surface area contributed by atoms with Crippen LogP contribution in [0.3, 0.4) is 0 Å². The Morgan fingerprint density at radius 1 is 1.30 bits per heavy atom. The average molecular weight is 317 g/mol. The van der Waals surface area contributed by atoms with Gasteiger partial charge in [0.15, 0.2) is 5.65 Å². The van der Waals surface area contributed by atoms with Crippen molar-refractivity contribution in [3.8, 4) is 0 Å². The molecule has 0 aromatic carbocycles. The normalized spacial score (nSPS) is 17.5. The number of aromatic nitrogens is 3. The molecule has 6 nitrogen and oxygen atoms in total. The third kappa shape index (κ3) is 3.82. The summed E-state index contributed by atoms with van der Waals surface area (Å²) in [6, 6.07) is 4.62. The van der Waals surface area contributed by atoms with Crippen molar-refractivity contribution in [2.75, 3.05) is 38.2 Å². The monoisotopic (exact) mass is 317 g/mol. The topological polar surface area (TPSA) is 54.7 Å². The molecule has 1 atom stereocenters. The highest BCUT2D eigenvalue weighted by molar-refractivity contribution is 5.49. The van der Waals surface area contributed by atoms with Gasteiger partial charge in [0, 0.05) is 43.5 Å². The van der Waals surface area contributed by atoms with Crippen LogP contribution in [0.25, 0.3) is 5.65 Å². The number of aryl methyl sites for hydroxylation is 1. The zero-order chi connectivity index (χ0) is 16.1. The second-order valence-corrected chi connectivity index (χ2v) is 6.08. The molecule has 126 valence electrons. The molecule has 23 heavy (non-hydrogen) atoms. The lowest BCUT2D eigenvalue weighted by atomic mass is 10.1. The number of hydrogen-bond acceptors (Lipinski definition) is 5. The van der Waals surface area contributed by atoms with E-state index in [1.54, 1.807) is 0 Å². The summed E-state index contributed by atoms with van der Waals surface area (Å²) in [6.07, 6.45) is 5.03. The molecule has 2 aromatic rings. The van der Waals surface area contributed by atoms with E-state index in [1.165, 1.54) is 0 Å². The number of nitrogens with zero attached hydrogens (tertiary/aromatic N) is 4. The van der Waals surface area contributed by atoms with Crippen molar-refractivity contribution in [3.63, 3.8) is 0 Å². The highest BCUT2D eigenvalue weighted by atomic mass is 16.5. The maximum atomic E-state index is 5.46. The molecular weight excluding hydrogens is 290 g/mol. The molecule has 3 heterocycles. The molecule has 6 heteroatoms. The minimum Gasteiger partial charge on any atom is -0.379 e. The Hall–Kier alpha value is -1.66. The summed E-state index contributed by atoms with van der Waals surface area (Å²) in [5.41, 5.74) is 2.04. The van der Waals surface area contributed by atoms with E-state index in [1.807, 2.05) is 16.8 Å². The quantitative estimate of drug-likeness (QED) is 0.848. The molecule has 0 amide bonds. The summed E-state index contributed by atoms with van der Waals surface area (Å²) in [5, 5.41) is 7.99. The number of nitrogens with one attached hydrogen (secondary N) is 1. The van der Waals surface area contributed by atoms with E-state index in [4.69, 9.17) is 4.74 Å². The predicted molar refractivity (Wildman–Crippen MR) is 91.9 cm³/mol. The minimum atomic E-state index is 0.521. The summed E-state index contributed by atoms with van der Waals surface area (Å²) in [6.45, 7) is 9.08. The first-order valence-electron chi connectivity index (χ1n) is 8.71. The minimum absolute atomic E-state index is 0.521. The van der Waals surface area contributed by atoms with Crippen LogP contribution < -0.4 is 5.32 Å². The van der Waals surface area contributed by atoms with Crippen LogP contribution in [0.4, 0.5) is 5.82 Å². The molecule has 3 rings (SSSR count). The van der Waals surface area contributed by atoms with Crippen molar-refractivity contribution in [1.29, 1.82) is 0 Å². The first-order valence-corrected chi connectivity index (χ1v) is 8.71. The first-order chi connectivity index (χ1) is 11.3. The number of anilines is 1. The van der Waals surface area contributed by atoms with Gasteiger partial charge in [0.1, 0.15) is 5.82 Å². The molecule has 1 aliphatic rings. The van der Waals surface area contributed by atoms with Crippen molar-refractivity contribution in [2.24, 2.45) is 0 Å². The molecule has 0 aliphatic carbocycles. The first kappa shape index (κ1) is 16.2. The molecule has 1 aliphatic heterocycles. The lowest BCUT2D eigenvalue weighted by Crippen LogP contribution is -2.46. The van der Waals surface area contributed by atoms with E-state index in [2.05, 4.69) is 40.2 Å². The highest BCUT2D eigenvalue weighted by Gasteiger charge is 2.19. The smallest absolute Gasteiger partial charge is 0.157 e. The molecule has 0 spiro atoms. The lowest BCUT2D eigenvalue weighted by molar-refractivity contribution is 0.0184. The van der Waals surface area contributed by atoms with Gasteiger partial charge in [-0.3, -0.25) is 4.90 Å². The SMILES string of the molecule is CCCc1cc(NC[C@@H](CC)N2CCOCC2)n2nccc2n1. The Morgan fingerprint density at radius 2 is 2.13 bits per heavy atom. The van der Waals surface area contributed by atoms with Crippen LogP contribution in [0.15, 0.2) is 18.3 Å². The fraction of sp³-hybridized carbons (Fsp3) is 0.647. The summed E-state index contributed by atoms with van der Waals surface area (Å²) < 4.78 is 7.36. The van der Waals surface area contributed by atoms with Crippen LogP contribution in [0.2, 0.25) is 0 Å². The standard InChI is InChI=1S/C17H27N5O/c1-3-5-14-12-17(22-16(20-14)6-7-19-22)18-13-15(4-2)21-8-10-23-11-9-21/h6-7,12,15,18H,3-5,8-11,13H2,1-2H3/t15-/m1/s1. The molecular formula is C17H27N5O. The number of hydrogen-bond donors (Lipinski definition) is 1. The van der Waals surface area contributed by atoms with E-state index in [-0.39, 0.29) is 0 Å². The Kier molecular flexibility index (Phi) is 5.46. The fourth-order valence-corrected chi connectivity index (χ4v) is 3.17. The number of rotatable bonds is 7. The molecule has 1 fully saturated rings. The summed E-state index contributed by atoms with van der Waals surface area (Å²) in [4.78, 5) is 7.18. The van der Waals surface area contributed by atoms with E-state index >= 15 is 0 Å². The van der Waals surface area contributed by atoms with Crippen LogP contribution in [0.5, 0.6) is 0 Å². The van der Waals surface area contributed by atoms with E-state index in [0.717, 1.165) is 69.3 Å². The zero-order valence-electron chi connectivity index (χ0n) is 14.2. The van der Waals surface area contributed by atoms with Gasteiger partial charge in [-0.1, -0.05) is 20.3 Å². The zero-order valence-corrected chi connectivity index (χ0v) is 14.2. The number of fused-ring (bicyclic) bond motifs is 1. The third-order valence-electron chi connectivity index (χ3n) is 4.47. The van der Waals surface area contributed by atoms with Crippen LogP contribution in [-0.4, -0.2) is 58.4 Å². The number of ether oxygens (including phenoxy) is 1. The second kappa shape index (κ2) is 7.75. The maximum absolute atomic E-state index is 5.46. The maximum Gasteiger partial charge on any atom is 0.157 e. The highest BCUT2D eigenvalue weighted by Crippen LogP contribution is 2.15. The van der Waals surface area contributed by atoms with Gasteiger partial charge in [-0.05, 0) is 12.8 Å². The molecule has 0 radical (unpaired) electrons. The van der Waals surface area contributed by atoms with Gasteiger partial charge in [0.25, 0.3) is 0 Å². The fourth-order valence-electron chi connectivity index (χ4n) is 3.17. The average Bonchev–Trinajstić information content (AvgIpc) is 3.05.